The van der Waals surface area contributed by atoms with E-state index in [1.165, 1.54) is 0 Å². The summed E-state index contributed by atoms with van der Waals surface area (Å²) in [6.07, 6.45) is 0.00280. The third kappa shape index (κ3) is 5.06. The molecule has 0 aliphatic heterocycles. The molecular formula is C15H20ClN3O2S. The van der Waals surface area contributed by atoms with Crippen molar-refractivity contribution in [1.29, 1.82) is 0 Å². The lowest BCUT2D eigenvalue weighted by Gasteiger charge is -2.12. The number of thiazole rings is 1. The average molecular weight is 342 g/mol. The van der Waals surface area contributed by atoms with E-state index in [-0.39, 0.29) is 30.8 Å². The molecule has 0 spiro atoms. The van der Waals surface area contributed by atoms with Gasteiger partial charge in [-0.3, -0.25) is 4.79 Å². The summed E-state index contributed by atoms with van der Waals surface area (Å²) in [4.78, 5) is 16.3. The third-order valence-electron chi connectivity index (χ3n) is 3.04. The summed E-state index contributed by atoms with van der Waals surface area (Å²) in [5, 5.41) is 5.83. The molecule has 1 unspecified atom stereocenters. The summed E-state index contributed by atoms with van der Waals surface area (Å²) < 4.78 is 5.09. The maximum atomic E-state index is 11.8. The number of methoxy groups -OCH3 is 1. The second kappa shape index (κ2) is 8.85. The van der Waals surface area contributed by atoms with Gasteiger partial charge in [0.05, 0.1) is 12.5 Å². The number of nitrogens with zero attached hydrogens (tertiary/aromatic N) is 1. The zero-order valence-corrected chi connectivity index (χ0v) is 14.2. The first-order chi connectivity index (χ1) is 10.1. The maximum Gasteiger partial charge on any atom is 0.227 e. The van der Waals surface area contributed by atoms with Crippen molar-refractivity contribution in [2.75, 3.05) is 19.0 Å². The molecule has 0 bridgehead atoms. The molecule has 2 rings (SSSR count). The van der Waals surface area contributed by atoms with Gasteiger partial charge in [-0.05, 0) is 31.2 Å². The fourth-order valence-corrected chi connectivity index (χ4v) is 2.67. The Morgan fingerprint density at radius 1 is 1.41 bits per heavy atom. The van der Waals surface area contributed by atoms with Crippen molar-refractivity contribution in [3.63, 3.8) is 0 Å². The van der Waals surface area contributed by atoms with Gasteiger partial charge in [0.25, 0.3) is 0 Å². The number of aryl methyl sites for hydroxylation is 1. The summed E-state index contributed by atoms with van der Waals surface area (Å²) >= 11 is 1.61. The number of aromatic nitrogens is 1. The fraction of sp³-hybridized carbons (Fsp3) is 0.333. The number of nitrogens with one attached hydrogen (secondary N) is 1. The maximum absolute atomic E-state index is 11.8. The van der Waals surface area contributed by atoms with Crippen LogP contribution >= 0.6 is 23.7 Å². The Bertz CT molecular complexity index is 597. The average Bonchev–Trinajstić information content (AvgIpc) is 2.92. The lowest BCUT2D eigenvalue weighted by molar-refractivity contribution is -0.118. The number of amides is 1. The van der Waals surface area contributed by atoms with Crippen LogP contribution in [0.3, 0.4) is 0 Å². The molecule has 0 aliphatic rings. The molecule has 1 aromatic heterocycles. The Hall–Kier alpha value is -1.47. The molecule has 3 N–H and O–H groups in total. The second-order valence-electron chi connectivity index (χ2n) is 4.72. The second-order valence-corrected chi connectivity index (χ2v) is 5.58. The zero-order valence-electron chi connectivity index (χ0n) is 12.5. The molecule has 0 fully saturated rings. The number of hydrogen-bond acceptors (Lipinski definition) is 5. The summed E-state index contributed by atoms with van der Waals surface area (Å²) in [5.74, 6) is -0.106. The highest BCUT2D eigenvalue weighted by Crippen LogP contribution is 2.24. The van der Waals surface area contributed by atoms with Crippen molar-refractivity contribution in [2.45, 2.75) is 19.4 Å². The predicted octanol–water partition coefficient (Wildman–Crippen LogP) is 2.84. The van der Waals surface area contributed by atoms with Crippen molar-refractivity contribution in [1.82, 2.24) is 4.98 Å². The van der Waals surface area contributed by atoms with Gasteiger partial charge < -0.3 is 15.8 Å². The number of nitrogens with two attached hydrogens (primary N) is 1. The molecule has 0 radical (unpaired) electrons. The van der Waals surface area contributed by atoms with E-state index in [1.54, 1.807) is 18.4 Å². The van der Waals surface area contributed by atoms with Crippen LogP contribution in [0.2, 0.25) is 0 Å². The Labute approximate surface area is 140 Å². The normalized spacial score (nSPS) is 11.6. The highest BCUT2D eigenvalue weighted by Gasteiger charge is 2.11. The minimum atomic E-state index is -0.248. The van der Waals surface area contributed by atoms with Crippen molar-refractivity contribution >= 4 is 35.3 Å². The predicted molar refractivity (Wildman–Crippen MR) is 92.6 cm³/mol. The lowest BCUT2D eigenvalue weighted by Crippen LogP contribution is -2.28. The van der Waals surface area contributed by atoms with Gasteiger partial charge >= 0.3 is 0 Å². The first-order valence-electron chi connectivity index (χ1n) is 6.67. The summed E-state index contributed by atoms with van der Waals surface area (Å²) in [5.41, 5.74) is 8.31. The molecule has 1 heterocycles. The topological polar surface area (TPSA) is 77.2 Å². The van der Waals surface area contributed by atoms with E-state index in [0.29, 0.717) is 6.54 Å². The Kier molecular flexibility index (Phi) is 7.47. The van der Waals surface area contributed by atoms with Gasteiger partial charge in [0, 0.05) is 36.0 Å². The number of anilines is 1. The zero-order chi connectivity index (χ0) is 15.2. The summed E-state index contributed by atoms with van der Waals surface area (Å²) in [7, 11) is 1.55. The van der Waals surface area contributed by atoms with Crippen LogP contribution in [-0.2, 0) is 9.53 Å². The molecule has 1 atom stereocenters. The standard InChI is InChI=1S/C15H19N3O2S.ClH/c1-10-9-21-15(17-10)11-3-5-12(6-4-11)18-14(19)7-13(8-16)20-2;/h3-6,9,13H,7-8,16H2,1-2H3,(H,18,19);1H. The van der Waals surface area contributed by atoms with E-state index >= 15 is 0 Å². The van der Waals surface area contributed by atoms with Gasteiger partial charge in [0.2, 0.25) is 5.91 Å². The van der Waals surface area contributed by atoms with Crippen LogP contribution < -0.4 is 11.1 Å². The van der Waals surface area contributed by atoms with E-state index in [0.717, 1.165) is 22.0 Å². The van der Waals surface area contributed by atoms with Crippen LogP contribution in [0.1, 0.15) is 12.1 Å². The number of carbonyl (C=O) groups is 1. The van der Waals surface area contributed by atoms with Crippen LogP contribution in [0.4, 0.5) is 5.69 Å². The molecule has 0 saturated carbocycles. The highest BCUT2D eigenvalue weighted by molar-refractivity contribution is 7.13. The van der Waals surface area contributed by atoms with Gasteiger partial charge in [0.15, 0.2) is 0 Å². The van der Waals surface area contributed by atoms with Crippen molar-refractivity contribution in [2.24, 2.45) is 5.73 Å². The molecule has 2 aromatic rings. The number of hydrogen-bond donors (Lipinski definition) is 2. The molecule has 22 heavy (non-hydrogen) atoms. The number of halogens is 1. The van der Waals surface area contributed by atoms with Crippen LogP contribution in [0.15, 0.2) is 29.6 Å². The van der Waals surface area contributed by atoms with Gasteiger partial charge in [0.1, 0.15) is 5.01 Å². The van der Waals surface area contributed by atoms with Crippen molar-refractivity contribution in [3.05, 3.63) is 35.3 Å². The fourth-order valence-electron chi connectivity index (χ4n) is 1.86. The summed E-state index contributed by atoms with van der Waals surface area (Å²) in [6, 6.07) is 7.64. The van der Waals surface area contributed by atoms with Gasteiger partial charge in [-0.15, -0.1) is 23.7 Å². The van der Waals surface area contributed by atoms with E-state index in [4.69, 9.17) is 10.5 Å². The smallest absolute Gasteiger partial charge is 0.227 e. The largest absolute Gasteiger partial charge is 0.380 e. The lowest BCUT2D eigenvalue weighted by atomic mass is 10.2. The van der Waals surface area contributed by atoms with E-state index in [9.17, 15) is 4.79 Å². The van der Waals surface area contributed by atoms with Crippen LogP contribution in [0, 0.1) is 6.92 Å². The van der Waals surface area contributed by atoms with E-state index < -0.39 is 0 Å². The van der Waals surface area contributed by atoms with Crippen LogP contribution in [0.5, 0.6) is 0 Å². The Morgan fingerprint density at radius 2 is 2.09 bits per heavy atom. The van der Waals surface area contributed by atoms with Gasteiger partial charge in [-0.2, -0.15) is 0 Å². The van der Waals surface area contributed by atoms with Gasteiger partial charge in [-0.1, -0.05) is 0 Å². The van der Waals surface area contributed by atoms with E-state index in [1.807, 2.05) is 36.6 Å². The molecule has 1 amide bonds. The van der Waals surface area contributed by atoms with Gasteiger partial charge in [-0.25, -0.2) is 4.98 Å². The number of benzene rings is 1. The molecule has 120 valence electrons. The number of carbonyl (C=O) groups excluding carboxylic acids is 1. The molecule has 7 heteroatoms. The Morgan fingerprint density at radius 3 is 2.59 bits per heavy atom. The van der Waals surface area contributed by atoms with Crippen LogP contribution in [-0.4, -0.2) is 30.6 Å². The van der Waals surface area contributed by atoms with Crippen LogP contribution in [0.25, 0.3) is 10.6 Å². The number of rotatable bonds is 6. The third-order valence-corrected chi connectivity index (χ3v) is 4.05. The quantitative estimate of drug-likeness (QED) is 0.847. The van der Waals surface area contributed by atoms with E-state index in [2.05, 4.69) is 10.3 Å². The monoisotopic (exact) mass is 341 g/mol. The first kappa shape index (κ1) is 18.6. The molecule has 0 aliphatic carbocycles. The highest BCUT2D eigenvalue weighted by atomic mass is 35.5. The van der Waals surface area contributed by atoms with Crippen molar-refractivity contribution < 1.29 is 9.53 Å². The van der Waals surface area contributed by atoms with Crippen molar-refractivity contribution in [3.8, 4) is 10.6 Å². The first-order valence-corrected chi connectivity index (χ1v) is 7.55. The SMILES string of the molecule is COC(CN)CC(=O)Nc1ccc(-c2nc(C)cs2)cc1.Cl. The Balaban J connectivity index is 0.00000242. The molecule has 1 aromatic carbocycles. The number of ether oxygens (including phenoxy) is 1. The minimum Gasteiger partial charge on any atom is -0.380 e. The minimum absolute atomic E-state index is 0. The molecule has 0 saturated heterocycles. The molecule has 5 nitrogen and oxygen atoms in total. The molecular weight excluding hydrogens is 322 g/mol. The summed E-state index contributed by atoms with van der Waals surface area (Å²) in [6.45, 7) is 2.30.